The maximum Gasteiger partial charge on any atom is 0.255 e. The van der Waals surface area contributed by atoms with Crippen LogP contribution >= 0.6 is 0 Å². The summed E-state index contributed by atoms with van der Waals surface area (Å²) in [5, 5.41) is 2.83. The van der Waals surface area contributed by atoms with Crippen molar-refractivity contribution in [2.75, 3.05) is 20.1 Å². The average Bonchev–Trinajstić information content (AvgIpc) is 3.03. The number of aliphatic imine (C=N–C) groups is 1. The summed E-state index contributed by atoms with van der Waals surface area (Å²) in [7, 11) is 1.79. The van der Waals surface area contributed by atoms with E-state index in [-0.39, 0.29) is 17.6 Å². The molecule has 2 aromatic rings. The van der Waals surface area contributed by atoms with E-state index in [0.29, 0.717) is 41.2 Å². The summed E-state index contributed by atoms with van der Waals surface area (Å²) in [5.74, 6) is 0.0194. The lowest BCUT2D eigenvalue weighted by Gasteiger charge is -2.24. The number of aromatic amines is 1. The van der Waals surface area contributed by atoms with Crippen LogP contribution in [-0.4, -0.2) is 58.7 Å². The minimum atomic E-state index is -0.572. The Morgan fingerprint density at radius 3 is 3.04 bits per heavy atom. The van der Waals surface area contributed by atoms with Crippen molar-refractivity contribution in [3.63, 3.8) is 0 Å². The fourth-order valence-electron chi connectivity index (χ4n) is 2.90. The first kappa shape index (κ1) is 18.6. The van der Waals surface area contributed by atoms with Crippen LogP contribution in [0.1, 0.15) is 24.2 Å². The zero-order chi connectivity index (χ0) is 19.6. The van der Waals surface area contributed by atoms with Crippen molar-refractivity contribution >= 4 is 23.8 Å². The monoisotopic (exact) mass is 372 g/mol. The summed E-state index contributed by atoms with van der Waals surface area (Å²) in [4.78, 5) is 29.9. The number of hydrogen-bond acceptors (Lipinski definition) is 6. The van der Waals surface area contributed by atoms with Gasteiger partial charge in [-0.2, -0.15) is 0 Å². The number of halogens is 1. The van der Waals surface area contributed by atoms with Gasteiger partial charge in [0.25, 0.3) is 5.91 Å². The number of fused-ring (bicyclic) bond motifs is 1. The molecule has 1 aliphatic heterocycles. The second kappa shape index (κ2) is 7.56. The first-order valence-electron chi connectivity index (χ1n) is 8.45. The zero-order valence-electron chi connectivity index (χ0n) is 15.4. The van der Waals surface area contributed by atoms with Crippen molar-refractivity contribution in [1.29, 1.82) is 0 Å². The Bertz CT molecular complexity index is 944. The second-order valence-electron chi connectivity index (χ2n) is 6.21. The molecule has 0 saturated carbocycles. The predicted molar refractivity (Wildman–Crippen MR) is 100 cm³/mol. The van der Waals surface area contributed by atoms with Crippen LogP contribution in [0.25, 0.3) is 11.2 Å². The second-order valence-corrected chi connectivity index (χ2v) is 6.21. The molecular weight excluding hydrogens is 351 g/mol. The quantitative estimate of drug-likeness (QED) is 0.788. The molecule has 2 N–H and O–H groups in total. The highest BCUT2D eigenvalue weighted by Gasteiger charge is 2.21. The molecule has 0 fully saturated rings. The summed E-state index contributed by atoms with van der Waals surface area (Å²) in [6, 6.07) is 0. The third-order valence-corrected chi connectivity index (χ3v) is 4.20. The van der Waals surface area contributed by atoms with Gasteiger partial charge in [-0.25, -0.2) is 19.4 Å². The maximum atomic E-state index is 13.7. The summed E-state index contributed by atoms with van der Waals surface area (Å²) < 4.78 is 19.6. The molecule has 142 valence electrons. The summed E-state index contributed by atoms with van der Waals surface area (Å²) in [6.45, 7) is 7.51. The molecule has 2 aromatic heterocycles. The van der Waals surface area contributed by atoms with Crippen molar-refractivity contribution in [2.45, 2.75) is 20.0 Å². The normalized spacial score (nSPS) is 21.9. The molecule has 1 amide bonds. The maximum absolute atomic E-state index is 13.7. The van der Waals surface area contributed by atoms with E-state index in [1.54, 1.807) is 25.1 Å². The molecule has 2 bridgehead atoms. The van der Waals surface area contributed by atoms with Crippen LogP contribution in [0.15, 0.2) is 40.7 Å². The number of H-pyrrole nitrogens is 1. The van der Waals surface area contributed by atoms with Gasteiger partial charge in [0.15, 0.2) is 5.65 Å². The molecule has 3 heterocycles. The minimum absolute atomic E-state index is 0.219. The third kappa shape index (κ3) is 3.81. The molecule has 0 aliphatic carbocycles. The Balaban J connectivity index is 2.13. The molecule has 1 aliphatic rings. The van der Waals surface area contributed by atoms with Crippen molar-refractivity contribution in [3.05, 3.63) is 41.3 Å². The smallest absolute Gasteiger partial charge is 0.255 e. The van der Waals surface area contributed by atoms with E-state index in [1.165, 1.54) is 19.2 Å². The molecular formula is C18H21FN6O2. The average molecular weight is 372 g/mol. The molecule has 8 nitrogen and oxygen atoms in total. The molecule has 1 atom stereocenters. The van der Waals surface area contributed by atoms with E-state index >= 15 is 0 Å². The van der Waals surface area contributed by atoms with Gasteiger partial charge in [-0.05, 0) is 26.6 Å². The lowest BCUT2D eigenvalue weighted by Crippen LogP contribution is -2.33. The van der Waals surface area contributed by atoms with E-state index in [9.17, 15) is 9.18 Å². The number of nitrogens with one attached hydrogen (secondary N) is 2. The first-order chi connectivity index (χ1) is 12.9. The number of likely N-dealkylation sites (N-methyl/N-ethyl adjacent to an activating group) is 1. The summed E-state index contributed by atoms with van der Waals surface area (Å²) in [6.07, 6.45) is 3.80. The Hall–Kier alpha value is -3.23. The standard InChI is InChI=1S/C18H21FN6O2/c1-10(19)7-12-11(2)27-14-9-23-16-15(24-14)13(8-22-16)18(26)21-5-6-25(4)17(12)20-3/h7-9,11H,3,5-6H2,1-2,4H3,(H,21,26)(H,22,23)/b10-7+,17-12-/t11-/m1/s1. The molecule has 0 radical (unpaired) electrons. The predicted octanol–water partition coefficient (Wildman–Crippen LogP) is 2.19. The Kier molecular flexibility index (Phi) is 5.20. The number of rotatable bonds is 2. The number of nitrogens with zero attached hydrogens (tertiary/aromatic N) is 4. The van der Waals surface area contributed by atoms with Gasteiger partial charge >= 0.3 is 0 Å². The third-order valence-electron chi connectivity index (χ3n) is 4.20. The van der Waals surface area contributed by atoms with E-state index in [2.05, 4.69) is 32.0 Å². The number of ether oxygens (including phenoxy) is 1. The van der Waals surface area contributed by atoms with Crippen LogP contribution < -0.4 is 10.1 Å². The number of aromatic nitrogens is 3. The number of carbonyl (C=O) groups excluding carboxylic acids is 1. The zero-order valence-corrected chi connectivity index (χ0v) is 15.4. The highest BCUT2D eigenvalue weighted by molar-refractivity contribution is 6.04. The molecule has 9 heteroatoms. The van der Waals surface area contributed by atoms with Gasteiger partial charge in [0.2, 0.25) is 5.88 Å². The van der Waals surface area contributed by atoms with Gasteiger partial charge in [0.1, 0.15) is 17.4 Å². The van der Waals surface area contributed by atoms with Crippen LogP contribution in [0.5, 0.6) is 5.88 Å². The minimum Gasteiger partial charge on any atom is -0.469 e. The van der Waals surface area contributed by atoms with Crippen LogP contribution in [0, 0.1) is 0 Å². The summed E-state index contributed by atoms with van der Waals surface area (Å²) in [5.41, 5.74) is 1.78. The van der Waals surface area contributed by atoms with Crippen LogP contribution in [0.3, 0.4) is 0 Å². The van der Waals surface area contributed by atoms with Crippen LogP contribution in [-0.2, 0) is 0 Å². The van der Waals surface area contributed by atoms with E-state index in [1.807, 2.05) is 0 Å². The van der Waals surface area contributed by atoms with Gasteiger partial charge in [-0.3, -0.25) is 4.79 Å². The van der Waals surface area contributed by atoms with Gasteiger partial charge < -0.3 is 19.9 Å². The number of allylic oxidation sites excluding steroid dienone is 1. The van der Waals surface area contributed by atoms with Gasteiger partial charge in [-0.15, -0.1) is 0 Å². The Morgan fingerprint density at radius 2 is 2.33 bits per heavy atom. The summed E-state index contributed by atoms with van der Waals surface area (Å²) >= 11 is 0. The SMILES string of the molecule is C=N/C1=C(\C=C(/C)F)[C@@H](C)Oc2cnc3[nH]cc(c3n2)C(=O)NCCN1C. The lowest BCUT2D eigenvalue weighted by atomic mass is 10.1. The van der Waals surface area contributed by atoms with Gasteiger partial charge in [-0.1, -0.05) is 0 Å². The topological polar surface area (TPSA) is 95.5 Å². The van der Waals surface area contributed by atoms with Crippen molar-refractivity contribution in [1.82, 2.24) is 25.2 Å². The van der Waals surface area contributed by atoms with Crippen LogP contribution in [0.4, 0.5) is 4.39 Å². The number of hydrogen-bond donors (Lipinski definition) is 2. The Morgan fingerprint density at radius 1 is 1.56 bits per heavy atom. The largest absolute Gasteiger partial charge is 0.469 e. The van der Waals surface area contributed by atoms with Crippen molar-refractivity contribution in [2.24, 2.45) is 4.99 Å². The molecule has 0 saturated heterocycles. The first-order valence-corrected chi connectivity index (χ1v) is 8.45. The molecule has 0 unspecified atom stereocenters. The van der Waals surface area contributed by atoms with E-state index < -0.39 is 6.10 Å². The highest BCUT2D eigenvalue weighted by atomic mass is 19.1. The van der Waals surface area contributed by atoms with E-state index in [4.69, 9.17) is 4.74 Å². The number of carbonyl (C=O) groups is 1. The fraction of sp³-hybridized carbons (Fsp3) is 0.333. The molecule has 0 aromatic carbocycles. The molecule has 3 rings (SSSR count). The number of amides is 1. The van der Waals surface area contributed by atoms with Gasteiger partial charge in [0, 0.05) is 31.9 Å². The highest BCUT2D eigenvalue weighted by Crippen LogP contribution is 2.23. The van der Waals surface area contributed by atoms with Gasteiger partial charge in [0.05, 0.1) is 17.6 Å². The molecule has 27 heavy (non-hydrogen) atoms. The Labute approximate surface area is 155 Å². The van der Waals surface area contributed by atoms with Crippen molar-refractivity contribution in [3.8, 4) is 5.88 Å². The fourth-order valence-corrected chi connectivity index (χ4v) is 2.90. The van der Waals surface area contributed by atoms with Crippen LogP contribution in [0.2, 0.25) is 0 Å². The lowest BCUT2D eigenvalue weighted by molar-refractivity contribution is 0.0952. The molecule has 0 spiro atoms. The van der Waals surface area contributed by atoms with E-state index in [0.717, 1.165) is 0 Å². The van der Waals surface area contributed by atoms with Crippen molar-refractivity contribution < 1.29 is 13.9 Å².